The molecule has 0 fully saturated rings. The number of hydrogen-bond donors (Lipinski definition) is 2. The number of hydrogen-bond acceptors (Lipinski definition) is 4. The molecule has 1 aromatic heterocycles. The number of nitrogens with two attached hydrogens (primary N) is 1. The van der Waals surface area contributed by atoms with Gasteiger partial charge in [0.15, 0.2) is 0 Å². The molecule has 0 aliphatic rings. The topological polar surface area (TPSA) is 63.3 Å². The SMILES string of the molecule is CC(N)c1ccc2ccccc2c1.C[C@@H](CC(=O)O)Sc1cccs1. The second-order valence-electron chi connectivity index (χ2n) is 5.85. The molecular weight excluding hydrogens is 350 g/mol. The lowest BCUT2D eigenvalue weighted by Crippen LogP contribution is -2.04. The van der Waals surface area contributed by atoms with Crippen LogP contribution < -0.4 is 5.73 Å². The first-order valence-electron chi connectivity index (χ1n) is 8.12. The van der Waals surface area contributed by atoms with E-state index >= 15 is 0 Å². The molecule has 0 bridgehead atoms. The summed E-state index contributed by atoms with van der Waals surface area (Å²) in [5.41, 5.74) is 7.00. The van der Waals surface area contributed by atoms with Gasteiger partial charge in [0, 0.05) is 11.3 Å². The summed E-state index contributed by atoms with van der Waals surface area (Å²) in [6.45, 7) is 3.93. The van der Waals surface area contributed by atoms with Gasteiger partial charge in [-0.3, -0.25) is 4.79 Å². The highest BCUT2D eigenvalue weighted by atomic mass is 32.2. The minimum absolute atomic E-state index is 0.115. The molecule has 0 saturated carbocycles. The number of fused-ring (bicyclic) bond motifs is 1. The van der Waals surface area contributed by atoms with Gasteiger partial charge in [-0.05, 0) is 40.8 Å². The van der Waals surface area contributed by atoms with Crippen molar-refractivity contribution in [2.24, 2.45) is 5.73 Å². The first kappa shape index (κ1) is 19.5. The Balaban J connectivity index is 0.000000181. The zero-order valence-electron chi connectivity index (χ0n) is 14.4. The van der Waals surface area contributed by atoms with Gasteiger partial charge in [0.25, 0.3) is 0 Å². The molecule has 3 nitrogen and oxygen atoms in total. The van der Waals surface area contributed by atoms with Crippen molar-refractivity contribution < 1.29 is 9.90 Å². The van der Waals surface area contributed by atoms with E-state index in [0.29, 0.717) is 0 Å². The van der Waals surface area contributed by atoms with Crippen molar-refractivity contribution in [1.82, 2.24) is 0 Å². The molecule has 2 aromatic carbocycles. The van der Waals surface area contributed by atoms with Crippen LogP contribution in [0, 0.1) is 0 Å². The maximum atomic E-state index is 10.3. The third-order valence-corrected chi connectivity index (χ3v) is 5.75. The number of thiophene rings is 1. The molecule has 0 radical (unpaired) electrons. The third kappa shape index (κ3) is 6.53. The Labute approximate surface area is 156 Å². The van der Waals surface area contributed by atoms with Crippen molar-refractivity contribution in [2.45, 2.75) is 35.8 Å². The Kier molecular flexibility index (Phi) is 7.50. The number of carbonyl (C=O) groups is 1. The fourth-order valence-electron chi connectivity index (χ4n) is 2.31. The number of rotatable bonds is 5. The van der Waals surface area contributed by atoms with Crippen molar-refractivity contribution in [1.29, 1.82) is 0 Å². The van der Waals surface area contributed by atoms with E-state index in [1.807, 2.05) is 43.5 Å². The van der Waals surface area contributed by atoms with Crippen molar-refractivity contribution in [3.63, 3.8) is 0 Å². The second kappa shape index (κ2) is 9.61. The van der Waals surface area contributed by atoms with Crippen LogP contribution in [0.4, 0.5) is 0 Å². The first-order valence-corrected chi connectivity index (χ1v) is 9.88. The molecule has 25 heavy (non-hydrogen) atoms. The zero-order chi connectivity index (χ0) is 18.2. The van der Waals surface area contributed by atoms with E-state index in [9.17, 15) is 4.79 Å². The normalized spacial score (nSPS) is 12.9. The number of carboxylic acids is 1. The van der Waals surface area contributed by atoms with E-state index in [1.165, 1.54) is 20.5 Å². The summed E-state index contributed by atoms with van der Waals surface area (Å²) in [6.07, 6.45) is 0.225. The Morgan fingerprint density at radius 1 is 1.12 bits per heavy atom. The van der Waals surface area contributed by atoms with E-state index in [1.54, 1.807) is 23.1 Å². The Morgan fingerprint density at radius 2 is 1.84 bits per heavy atom. The summed E-state index contributed by atoms with van der Waals surface area (Å²) in [6, 6.07) is 18.8. The smallest absolute Gasteiger partial charge is 0.304 e. The van der Waals surface area contributed by atoms with Crippen LogP contribution in [0.2, 0.25) is 0 Å². The van der Waals surface area contributed by atoms with Crippen molar-refractivity contribution in [2.75, 3.05) is 0 Å². The molecule has 5 heteroatoms. The quantitative estimate of drug-likeness (QED) is 0.575. The van der Waals surface area contributed by atoms with Gasteiger partial charge in [0.05, 0.1) is 10.6 Å². The average Bonchev–Trinajstić information content (AvgIpc) is 3.07. The van der Waals surface area contributed by atoms with E-state index in [4.69, 9.17) is 10.8 Å². The highest BCUT2D eigenvalue weighted by Crippen LogP contribution is 2.28. The summed E-state index contributed by atoms with van der Waals surface area (Å²) in [4.78, 5) is 10.3. The molecule has 2 atom stereocenters. The van der Waals surface area contributed by atoms with Gasteiger partial charge < -0.3 is 10.8 Å². The third-order valence-electron chi connectivity index (χ3n) is 3.57. The van der Waals surface area contributed by atoms with Crippen LogP contribution in [0.25, 0.3) is 10.8 Å². The number of carboxylic acid groups (broad SMARTS) is 1. The minimum atomic E-state index is -0.730. The van der Waals surface area contributed by atoms with E-state index < -0.39 is 5.97 Å². The Hall–Kier alpha value is -1.82. The molecule has 1 heterocycles. The monoisotopic (exact) mass is 373 g/mol. The van der Waals surface area contributed by atoms with E-state index in [2.05, 4.69) is 30.3 Å². The highest BCUT2D eigenvalue weighted by molar-refractivity contribution is 8.01. The second-order valence-corrected chi connectivity index (χ2v) is 8.54. The summed E-state index contributed by atoms with van der Waals surface area (Å²) >= 11 is 3.26. The summed E-state index contributed by atoms with van der Waals surface area (Å²) in [7, 11) is 0. The molecule has 3 aromatic rings. The summed E-state index contributed by atoms with van der Waals surface area (Å²) in [5.74, 6) is -0.730. The molecular formula is C20H23NO2S2. The number of benzene rings is 2. The highest BCUT2D eigenvalue weighted by Gasteiger charge is 2.09. The number of aliphatic carboxylic acids is 1. The molecule has 132 valence electrons. The lowest BCUT2D eigenvalue weighted by atomic mass is 10.0. The van der Waals surface area contributed by atoms with Crippen LogP contribution in [0.15, 0.2) is 64.2 Å². The molecule has 3 N–H and O–H groups in total. The van der Waals surface area contributed by atoms with Crippen molar-refractivity contribution in [3.8, 4) is 0 Å². The van der Waals surface area contributed by atoms with Gasteiger partial charge in [-0.25, -0.2) is 0 Å². The largest absolute Gasteiger partial charge is 0.481 e. The van der Waals surface area contributed by atoms with Crippen LogP contribution in [-0.4, -0.2) is 16.3 Å². The molecule has 0 aliphatic carbocycles. The Bertz CT molecular complexity index is 800. The maximum Gasteiger partial charge on any atom is 0.304 e. The van der Waals surface area contributed by atoms with Crippen LogP contribution in [0.3, 0.4) is 0 Å². The fraction of sp³-hybridized carbons (Fsp3) is 0.250. The van der Waals surface area contributed by atoms with Gasteiger partial charge in [0.1, 0.15) is 0 Å². The van der Waals surface area contributed by atoms with Crippen LogP contribution in [-0.2, 0) is 4.79 Å². The zero-order valence-corrected chi connectivity index (χ0v) is 16.0. The maximum absolute atomic E-state index is 10.3. The van der Waals surface area contributed by atoms with Gasteiger partial charge in [-0.1, -0.05) is 49.4 Å². The average molecular weight is 374 g/mol. The van der Waals surface area contributed by atoms with Crippen molar-refractivity contribution in [3.05, 3.63) is 65.5 Å². The Morgan fingerprint density at radius 3 is 2.44 bits per heavy atom. The summed E-state index contributed by atoms with van der Waals surface area (Å²) in [5, 5.41) is 13.2. The van der Waals surface area contributed by atoms with E-state index in [0.717, 1.165) is 0 Å². The molecule has 0 saturated heterocycles. The van der Waals surface area contributed by atoms with Gasteiger partial charge in [0.2, 0.25) is 0 Å². The fourth-order valence-corrected chi connectivity index (χ4v) is 4.42. The minimum Gasteiger partial charge on any atom is -0.481 e. The number of thioether (sulfide) groups is 1. The van der Waals surface area contributed by atoms with Crippen LogP contribution in [0.1, 0.15) is 31.9 Å². The summed E-state index contributed by atoms with van der Waals surface area (Å²) < 4.78 is 1.18. The molecule has 1 unspecified atom stereocenters. The van der Waals surface area contributed by atoms with Crippen LogP contribution in [0.5, 0.6) is 0 Å². The van der Waals surface area contributed by atoms with E-state index in [-0.39, 0.29) is 17.7 Å². The van der Waals surface area contributed by atoms with Crippen molar-refractivity contribution >= 4 is 39.8 Å². The predicted octanol–water partition coefficient (Wildman–Crippen LogP) is 5.56. The van der Waals surface area contributed by atoms with Crippen LogP contribution >= 0.6 is 23.1 Å². The van der Waals surface area contributed by atoms with Gasteiger partial charge in [-0.2, -0.15) is 0 Å². The molecule has 0 aliphatic heterocycles. The molecule has 0 amide bonds. The lowest BCUT2D eigenvalue weighted by Gasteiger charge is -2.06. The first-order chi connectivity index (χ1) is 12.0. The van der Waals surface area contributed by atoms with Gasteiger partial charge in [-0.15, -0.1) is 23.1 Å². The molecule has 0 spiro atoms. The predicted molar refractivity (Wildman–Crippen MR) is 108 cm³/mol. The van der Waals surface area contributed by atoms with Gasteiger partial charge >= 0.3 is 5.97 Å². The standard InChI is InChI=1S/C12H13N.C8H10O2S2/c1-9(13)11-7-6-10-4-2-3-5-12(10)8-11;1-6(5-7(9)10)12-8-3-2-4-11-8/h2-9H,13H2,1H3;2-4,6H,5H2,1H3,(H,9,10)/t;6-/m.0/s1. The lowest BCUT2D eigenvalue weighted by molar-refractivity contribution is -0.136. The molecule has 3 rings (SSSR count).